The fourth-order valence-corrected chi connectivity index (χ4v) is 8.59. The largest absolute Gasteiger partial charge is 0.500 e. The van der Waals surface area contributed by atoms with Crippen LogP contribution in [0.15, 0.2) is 184 Å². The van der Waals surface area contributed by atoms with Crippen molar-refractivity contribution in [2.45, 2.75) is 49.5 Å². The monoisotopic (exact) mass is 999 g/mol. The molecule has 5 nitrogen and oxygen atoms in total. The second-order valence-electron chi connectivity index (χ2n) is 15.5. The minimum atomic E-state index is 0. The molecule has 305 valence electrons. The smallest absolute Gasteiger partial charge is 0.122 e. The zero-order valence-electron chi connectivity index (χ0n) is 34.8. The van der Waals surface area contributed by atoms with Crippen LogP contribution in [0.5, 0.6) is 0 Å². The fourth-order valence-electron chi connectivity index (χ4n) is 7.83. The van der Waals surface area contributed by atoms with E-state index in [-0.39, 0.29) is 31.9 Å². The molecule has 0 fully saturated rings. The number of aromatic nitrogens is 3. The molecule has 0 spiro atoms. The second kappa shape index (κ2) is 18.6. The molecule has 10 rings (SSSR count). The van der Waals surface area contributed by atoms with Gasteiger partial charge < -0.3 is 8.98 Å². The van der Waals surface area contributed by atoms with Gasteiger partial charge >= 0.3 is 0 Å². The van der Waals surface area contributed by atoms with E-state index >= 15 is 0 Å². The summed E-state index contributed by atoms with van der Waals surface area (Å²) in [4.78, 5) is 10.6. The molecule has 10 aromatic rings. The quantitative estimate of drug-likeness (QED) is 0.142. The first-order chi connectivity index (χ1) is 29.9. The molecule has 1 radical (unpaired) electrons. The third-order valence-corrected chi connectivity index (χ3v) is 11.8. The Balaban J connectivity index is 0.000000323. The Morgan fingerprint density at radius 2 is 1.32 bits per heavy atom. The van der Waals surface area contributed by atoms with E-state index in [2.05, 4.69) is 140 Å². The van der Waals surface area contributed by atoms with Crippen molar-refractivity contribution in [1.82, 2.24) is 14.5 Å². The maximum Gasteiger partial charge on any atom is 0.122 e. The molecule has 0 saturated carbocycles. The molecule has 0 atom stereocenters. The Hall–Kier alpha value is -6.55. The molecule has 0 unspecified atom stereocenters. The van der Waals surface area contributed by atoms with Crippen molar-refractivity contribution < 1.29 is 24.5 Å². The van der Waals surface area contributed by atoms with Gasteiger partial charge in [-0.2, -0.15) is 35.6 Å². The standard InChI is InChI=1S/C44H34N3O.C11H8NS.Ir/c1-27(2)37-24-33(32-20-18-31(19-21-32)30-11-6-5-7-12-30)25-38(28(3)4)42(37)47-40-16-9-8-15-39(40)46-44(47)36-14-10-13-35-34-22-17-29(26-45)23-41(34)48-43(35)36;1-2-6-10(7-3-1)13-11-8-4-5-9-12-11;/h5-13,15-25,27-28H,1-4H3;1-6,8-9H;/q2*-1;. The van der Waals surface area contributed by atoms with Gasteiger partial charge in [0.2, 0.25) is 0 Å². The van der Waals surface area contributed by atoms with Crippen LogP contribution >= 0.6 is 11.8 Å². The van der Waals surface area contributed by atoms with Crippen molar-refractivity contribution in [3.63, 3.8) is 0 Å². The summed E-state index contributed by atoms with van der Waals surface area (Å²) in [7, 11) is 0. The van der Waals surface area contributed by atoms with Gasteiger partial charge in [-0.05, 0) is 93.7 Å². The zero-order valence-corrected chi connectivity index (χ0v) is 38.0. The Morgan fingerprint density at radius 1 is 0.645 bits per heavy atom. The summed E-state index contributed by atoms with van der Waals surface area (Å²) in [5, 5.41) is 12.5. The molecular weight excluding hydrogens is 957 g/mol. The van der Waals surface area contributed by atoms with E-state index in [9.17, 15) is 5.26 Å². The van der Waals surface area contributed by atoms with Gasteiger partial charge in [0.1, 0.15) is 5.58 Å². The predicted molar refractivity (Wildman–Crippen MR) is 250 cm³/mol. The van der Waals surface area contributed by atoms with Crippen LogP contribution in [-0.4, -0.2) is 14.5 Å². The number of hydrogen-bond acceptors (Lipinski definition) is 5. The molecule has 0 saturated heterocycles. The van der Waals surface area contributed by atoms with Crippen molar-refractivity contribution >= 4 is 44.7 Å². The first-order valence-electron chi connectivity index (χ1n) is 20.5. The average molecular weight is 999 g/mol. The number of nitriles is 1. The molecule has 0 aliphatic heterocycles. The first kappa shape index (κ1) is 42.2. The summed E-state index contributed by atoms with van der Waals surface area (Å²) in [6.07, 6.45) is 1.80. The fraction of sp³-hybridized carbons (Fsp3) is 0.109. The summed E-state index contributed by atoms with van der Waals surface area (Å²) in [6.45, 7) is 9.07. The third-order valence-electron chi connectivity index (χ3n) is 10.8. The van der Waals surface area contributed by atoms with Crippen molar-refractivity contribution in [2.24, 2.45) is 0 Å². The van der Waals surface area contributed by atoms with Gasteiger partial charge in [-0.1, -0.05) is 134 Å². The minimum absolute atomic E-state index is 0. The molecule has 7 heteroatoms. The zero-order chi connectivity index (χ0) is 41.9. The van der Waals surface area contributed by atoms with Crippen molar-refractivity contribution in [3.8, 4) is 45.4 Å². The van der Waals surface area contributed by atoms with Crippen LogP contribution in [0.1, 0.15) is 56.2 Å². The van der Waals surface area contributed by atoms with E-state index in [0.717, 1.165) is 48.8 Å². The number of pyridine rings is 1. The van der Waals surface area contributed by atoms with Crippen LogP contribution in [-0.2, 0) is 20.1 Å². The van der Waals surface area contributed by atoms with Crippen LogP contribution in [0.2, 0.25) is 0 Å². The Kier molecular flexibility index (Phi) is 12.6. The summed E-state index contributed by atoms with van der Waals surface area (Å²) in [5.74, 6) is 1.26. The maximum absolute atomic E-state index is 9.53. The Morgan fingerprint density at radius 3 is 2.00 bits per heavy atom. The molecule has 3 heterocycles. The van der Waals surface area contributed by atoms with Gasteiger partial charge in [-0.3, -0.25) is 4.98 Å². The van der Waals surface area contributed by atoms with Crippen LogP contribution in [0.3, 0.4) is 0 Å². The molecule has 0 aliphatic carbocycles. The number of fused-ring (bicyclic) bond motifs is 4. The number of para-hydroxylation sites is 2. The van der Waals surface area contributed by atoms with Crippen molar-refractivity contribution in [1.29, 1.82) is 5.26 Å². The normalized spacial score (nSPS) is 11.1. The van der Waals surface area contributed by atoms with E-state index in [0.29, 0.717) is 16.7 Å². The third kappa shape index (κ3) is 8.51. The first-order valence-corrected chi connectivity index (χ1v) is 21.3. The number of rotatable bonds is 8. The van der Waals surface area contributed by atoms with Gasteiger partial charge in [0.15, 0.2) is 0 Å². The number of imidazole rings is 1. The summed E-state index contributed by atoms with van der Waals surface area (Å²) < 4.78 is 8.83. The van der Waals surface area contributed by atoms with Gasteiger partial charge in [0, 0.05) is 37.4 Å². The van der Waals surface area contributed by atoms with Crippen LogP contribution in [0.4, 0.5) is 0 Å². The molecule has 62 heavy (non-hydrogen) atoms. The molecular formula is C55H42IrN4OS-2. The van der Waals surface area contributed by atoms with Crippen molar-refractivity contribution in [2.75, 3.05) is 0 Å². The van der Waals surface area contributed by atoms with Crippen LogP contribution in [0.25, 0.3) is 72.3 Å². The Bertz CT molecular complexity index is 3100. The summed E-state index contributed by atoms with van der Waals surface area (Å²) >= 11 is 1.62. The predicted octanol–water partition coefficient (Wildman–Crippen LogP) is 14.9. The molecule has 0 N–H and O–H groups in total. The van der Waals surface area contributed by atoms with E-state index in [1.807, 2.05) is 72.8 Å². The number of benzene rings is 7. The van der Waals surface area contributed by atoms with E-state index in [1.165, 1.54) is 33.4 Å². The number of hydrogen-bond donors (Lipinski definition) is 0. The van der Waals surface area contributed by atoms with Crippen molar-refractivity contribution in [3.05, 3.63) is 199 Å². The maximum atomic E-state index is 9.53. The van der Waals surface area contributed by atoms with Gasteiger partial charge in [-0.15, -0.1) is 18.2 Å². The minimum Gasteiger partial charge on any atom is -0.500 e. The van der Waals surface area contributed by atoms with E-state index < -0.39 is 0 Å². The number of nitrogens with zero attached hydrogens (tertiary/aromatic N) is 4. The average Bonchev–Trinajstić information content (AvgIpc) is 3.88. The second-order valence-corrected chi connectivity index (χ2v) is 16.6. The Labute approximate surface area is 380 Å². The van der Waals surface area contributed by atoms with Gasteiger partial charge in [-0.25, -0.2) is 4.98 Å². The van der Waals surface area contributed by atoms with Gasteiger partial charge in [0.25, 0.3) is 0 Å². The van der Waals surface area contributed by atoms with E-state index in [4.69, 9.17) is 9.40 Å². The SMILES string of the molecule is CC(C)c1cc(-c2ccc(-c3ccccc3)cc2)cc(C(C)C)c1-n1c(-c2[c-]ccc3c2oc2cc(C#N)ccc23)nc2ccccc21.[Ir].[c-]1ccccc1Sc1ccccn1. The summed E-state index contributed by atoms with van der Waals surface area (Å²) in [6, 6.07) is 64.7. The van der Waals surface area contributed by atoms with Crippen LogP contribution < -0.4 is 0 Å². The molecule has 0 amide bonds. The van der Waals surface area contributed by atoms with E-state index in [1.54, 1.807) is 24.0 Å². The summed E-state index contributed by atoms with van der Waals surface area (Å²) in [5.41, 5.74) is 13.2. The van der Waals surface area contributed by atoms with Gasteiger partial charge in [0.05, 0.1) is 39.1 Å². The molecule has 3 aromatic heterocycles. The molecule has 0 aliphatic rings. The topological polar surface area (TPSA) is 67.6 Å². The molecule has 0 bridgehead atoms. The number of furan rings is 1. The van der Waals surface area contributed by atoms with Crippen LogP contribution in [0, 0.1) is 23.5 Å². The molecule has 7 aromatic carbocycles.